The Bertz CT molecular complexity index is 1070. The van der Waals surface area contributed by atoms with Crippen molar-refractivity contribution in [3.63, 3.8) is 0 Å². The second-order valence-corrected chi connectivity index (χ2v) is 9.58. The van der Waals surface area contributed by atoms with Gasteiger partial charge in [0.15, 0.2) is 0 Å². The SMILES string of the molecule is C=C1C(=O)O[C@@H]2C3=C(C)[C@@H](OC(=O)/C=C/c4ccc(Cl)cc4)CC3[C@](C)(OC(C)=O)CC[C@@H]12. The third-order valence-electron chi connectivity index (χ3n) is 6.99. The molecular formula is C26H27ClO6. The van der Waals surface area contributed by atoms with Gasteiger partial charge in [0.2, 0.25) is 0 Å². The van der Waals surface area contributed by atoms with E-state index in [-0.39, 0.29) is 17.8 Å². The molecule has 0 aromatic heterocycles. The molecule has 1 unspecified atom stereocenters. The molecular weight excluding hydrogens is 444 g/mol. The smallest absolute Gasteiger partial charge is 0.334 e. The van der Waals surface area contributed by atoms with Crippen LogP contribution in [0.5, 0.6) is 0 Å². The lowest BCUT2D eigenvalue weighted by atomic mass is 9.81. The minimum atomic E-state index is -0.792. The first-order chi connectivity index (χ1) is 15.6. The lowest BCUT2D eigenvalue weighted by molar-refractivity contribution is -0.162. The van der Waals surface area contributed by atoms with Crippen LogP contribution in [-0.2, 0) is 28.6 Å². The summed E-state index contributed by atoms with van der Waals surface area (Å²) in [6, 6.07) is 7.10. The lowest BCUT2D eigenvalue weighted by Crippen LogP contribution is -2.40. The summed E-state index contributed by atoms with van der Waals surface area (Å²) >= 11 is 5.90. The van der Waals surface area contributed by atoms with Gasteiger partial charge in [-0.05, 0) is 68.0 Å². The number of hydrogen-bond acceptors (Lipinski definition) is 6. The van der Waals surface area contributed by atoms with Crippen LogP contribution in [0.1, 0.15) is 45.6 Å². The highest BCUT2D eigenvalue weighted by Gasteiger charge is 2.56. The molecule has 1 aromatic carbocycles. The fraction of sp³-hybridized carbons (Fsp3) is 0.423. The molecule has 5 atom stereocenters. The summed E-state index contributed by atoms with van der Waals surface area (Å²) in [4.78, 5) is 36.8. The predicted molar refractivity (Wildman–Crippen MR) is 123 cm³/mol. The Hall–Kier alpha value is -2.86. The van der Waals surface area contributed by atoms with Crippen molar-refractivity contribution in [1.82, 2.24) is 0 Å². The van der Waals surface area contributed by atoms with Crippen LogP contribution in [0.3, 0.4) is 0 Å². The fourth-order valence-electron chi connectivity index (χ4n) is 5.31. The zero-order valence-corrected chi connectivity index (χ0v) is 19.7. The predicted octanol–water partition coefficient (Wildman–Crippen LogP) is 4.81. The van der Waals surface area contributed by atoms with E-state index in [1.165, 1.54) is 13.0 Å². The van der Waals surface area contributed by atoms with E-state index in [2.05, 4.69) is 6.58 Å². The molecule has 1 aromatic rings. The zero-order chi connectivity index (χ0) is 23.9. The minimum Gasteiger partial charge on any atom is -0.459 e. The molecule has 3 aliphatic rings. The Morgan fingerprint density at radius 1 is 1.27 bits per heavy atom. The van der Waals surface area contributed by atoms with Gasteiger partial charge in [0, 0.05) is 35.4 Å². The number of fused-ring (bicyclic) bond motifs is 3. The van der Waals surface area contributed by atoms with E-state index in [0.29, 0.717) is 29.9 Å². The standard InChI is InChI=1S/C26H27ClO6/c1-14-19-11-12-26(4,33-16(3)28)20-13-21(15(2)23(20)24(19)32-25(14)30)31-22(29)10-7-17-5-8-18(27)9-6-17/h5-10,19-21,24H,1,11-13H2,2-4H3/b10-7+/t19-,20?,21-,24-,26+/m0/s1. The van der Waals surface area contributed by atoms with Crippen molar-refractivity contribution in [3.8, 4) is 0 Å². The number of carbonyl (C=O) groups excluding carboxylic acids is 3. The van der Waals surface area contributed by atoms with Crippen molar-refractivity contribution in [3.05, 3.63) is 64.2 Å². The Balaban J connectivity index is 1.60. The second kappa shape index (κ2) is 8.82. The molecule has 1 saturated heterocycles. The van der Waals surface area contributed by atoms with Gasteiger partial charge in [-0.2, -0.15) is 0 Å². The Kier molecular flexibility index (Phi) is 6.23. The highest BCUT2D eigenvalue weighted by Crippen LogP contribution is 2.53. The van der Waals surface area contributed by atoms with Crippen molar-refractivity contribution < 1.29 is 28.6 Å². The van der Waals surface area contributed by atoms with Gasteiger partial charge >= 0.3 is 17.9 Å². The molecule has 2 aliphatic carbocycles. The van der Waals surface area contributed by atoms with E-state index in [0.717, 1.165) is 16.7 Å². The van der Waals surface area contributed by atoms with Crippen LogP contribution in [0.25, 0.3) is 6.08 Å². The van der Waals surface area contributed by atoms with Crippen LogP contribution in [0.4, 0.5) is 0 Å². The van der Waals surface area contributed by atoms with E-state index < -0.39 is 29.7 Å². The van der Waals surface area contributed by atoms with Gasteiger partial charge in [-0.3, -0.25) is 4.79 Å². The summed E-state index contributed by atoms with van der Waals surface area (Å²) in [5.74, 6) is -1.66. The lowest BCUT2D eigenvalue weighted by Gasteiger charge is -2.35. The first-order valence-corrected chi connectivity index (χ1v) is 11.4. The third-order valence-corrected chi connectivity index (χ3v) is 7.24. The molecule has 0 bridgehead atoms. The van der Waals surface area contributed by atoms with Crippen molar-refractivity contribution in [2.24, 2.45) is 11.8 Å². The molecule has 7 heteroatoms. The van der Waals surface area contributed by atoms with E-state index >= 15 is 0 Å². The minimum absolute atomic E-state index is 0.179. The molecule has 0 N–H and O–H groups in total. The zero-order valence-electron chi connectivity index (χ0n) is 18.9. The van der Waals surface area contributed by atoms with E-state index in [9.17, 15) is 14.4 Å². The number of rotatable bonds is 4. The van der Waals surface area contributed by atoms with Crippen molar-refractivity contribution in [2.75, 3.05) is 0 Å². The molecule has 4 rings (SSSR count). The van der Waals surface area contributed by atoms with Gasteiger partial charge in [-0.15, -0.1) is 0 Å². The number of esters is 3. The molecule has 1 heterocycles. The molecule has 0 radical (unpaired) electrons. The maximum atomic E-state index is 12.6. The van der Waals surface area contributed by atoms with Gasteiger partial charge < -0.3 is 14.2 Å². The van der Waals surface area contributed by atoms with Gasteiger partial charge in [-0.1, -0.05) is 30.3 Å². The summed E-state index contributed by atoms with van der Waals surface area (Å²) < 4.78 is 17.3. The normalized spacial score (nSPS) is 31.2. The Labute approximate surface area is 198 Å². The molecule has 2 fully saturated rings. The molecule has 174 valence electrons. The number of carbonyl (C=O) groups is 3. The van der Waals surface area contributed by atoms with Crippen LogP contribution in [0, 0.1) is 11.8 Å². The van der Waals surface area contributed by atoms with Crippen molar-refractivity contribution in [1.29, 1.82) is 0 Å². The summed E-state index contributed by atoms with van der Waals surface area (Å²) in [5, 5.41) is 0.617. The van der Waals surface area contributed by atoms with Crippen molar-refractivity contribution >= 4 is 35.6 Å². The Morgan fingerprint density at radius 2 is 1.97 bits per heavy atom. The van der Waals surface area contributed by atoms with Gasteiger partial charge in [0.05, 0.1) is 0 Å². The Morgan fingerprint density at radius 3 is 2.64 bits per heavy atom. The first kappa shape index (κ1) is 23.3. The molecule has 0 spiro atoms. The van der Waals surface area contributed by atoms with E-state index in [1.807, 2.05) is 13.8 Å². The molecule has 0 amide bonds. The van der Waals surface area contributed by atoms with E-state index in [1.54, 1.807) is 30.3 Å². The van der Waals surface area contributed by atoms with Gasteiger partial charge in [-0.25, -0.2) is 9.59 Å². The van der Waals surface area contributed by atoms with Crippen LogP contribution in [0.2, 0.25) is 5.02 Å². The third kappa shape index (κ3) is 4.49. The summed E-state index contributed by atoms with van der Waals surface area (Å²) in [5.41, 5.74) is 2.20. The van der Waals surface area contributed by atoms with Gasteiger partial charge in [0.25, 0.3) is 0 Å². The topological polar surface area (TPSA) is 78.9 Å². The van der Waals surface area contributed by atoms with Crippen LogP contribution >= 0.6 is 11.6 Å². The molecule has 6 nitrogen and oxygen atoms in total. The van der Waals surface area contributed by atoms with Gasteiger partial charge in [0.1, 0.15) is 17.8 Å². The van der Waals surface area contributed by atoms with Crippen LogP contribution < -0.4 is 0 Å². The largest absolute Gasteiger partial charge is 0.459 e. The summed E-state index contributed by atoms with van der Waals surface area (Å²) in [6.07, 6.45) is 3.70. The number of hydrogen-bond donors (Lipinski definition) is 0. The van der Waals surface area contributed by atoms with E-state index in [4.69, 9.17) is 25.8 Å². The summed E-state index contributed by atoms with van der Waals surface area (Å²) in [7, 11) is 0. The average Bonchev–Trinajstić information content (AvgIpc) is 3.18. The highest BCUT2D eigenvalue weighted by atomic mass is 35.5. The fourth-order valence-corrected chi connectivity index (χ4v) is 5.44. The number of halogens is 1. The number of ether oxygens (including phenoxy) is 3. The quantitative estimate of drug-likeness (QED) is 0.272. The molecule has 1 aliphatic heterocycles. The average molecular weight is 471 g/mol. The molecule has 1 saturated carbocycles. The maximum Gasteiger partial charge on any atom is 0.334 e. The second-order valence-electron chi connectivity index (χ2n) is 9.14. The molecule has 33 heavy (non-hydrogen) atoms. The highest BCUT2D eigenvalue weighted by molar-refractivity contribution is 6.30. The number of benzene rings is 1. The monoisotopic (exact) mass is 470 g/mol. The first-order valence-electron chi connectivity index (χ1n) is 11.0. The van der Waals surface area contributed by atoms with Crippen LogP contribution in [-0.4, -0.2) is 35.7 Å². The maximum absolute atomic E-state index is 12.6. The van der Waals surface area contributed by atoms with Crippen LogP contribution in [0.15, 0.2) is 53.6 Å². The summed E-state index contributed by atoms with van der Waals surface area (Å²) in [6.45, 7) is 9.11. The van der Waals surface area contributed by atoms with Crippen molar-refractivity contribution in [2.45, 2.75) is 57.8 Å².